The highest BCUT2D eigenvalue weighted by atomic mass is 16.5. The number of nitrogens with two attached hydrogens (primary N) is 1. The number of carbonyl (C=O) groups is 2. The van der Waals surface area contributed by atoms with Gasteiger partial charge in [0.2, 0.25) is 0 Å². The van der Waals surface area contributed by atoms with E-state index in [0.29, 0.717) is 52.4 Å². The third-order valence-corrected chi connectivity index (χ3v) is 8.24. The zero-order valence-corrected chi connectivity index (χ0v) is 24.4. The van der Waals surface area contributed by atoms with E-state index in [4.69, 9.17) is 24.9 Å². The van der Waals surface area contributed by atoms with Crippen LogP contribution in [0.1, 0.15) is 44.3 Å². The minimum Gasteiger partial charge on any atom is -0.494 e. The number of pyridine rings is 2. The molecule has 2 aromatic carbocycles. The highest BCUT2D eigenvalue weighted by Gasteiger charge is 2.28. The summed E-state index contributed by atoms with van der Waals surface area (Å²) < 4.78 is 14.5. The zero-order chi connectivity index (χ0) is 31.4. The first-order chi connectivity index (χ1) is 22.5. The maximum absolute atomic E-state index is 13.6. The molecule has 226 valence electrons. The van der Waals surface area contributed by atoms with Crippen molar-refractivity contribution < 1.29 is 18.7 Å². The van der Waals surface area contributed by atoms with Gasteiger partial charge in [0.05, 0.1) is 29.8 Å². The highest BCUT2D eigenvalue weighted by Crippen LogP contribution is 2.37. The van der Waals surface area contributed by atoms with E-state index in [2.05, 4.69) is 26.4 Å². The van der Waals surface area contributed by atoms with Gasteiger partial charge in [-0.05, 0) is 72.5 Å². The SMILES string of the molecule is COc1c(C=O)cc(C(=O)N[C@H]2CCc3cc(-n4c(-c5cccnc5N)nc5ccc(-n6cccn6)nc54)ccc32)c2ocnc12. The summed E-state index contributed by atoms with van der Waals surface area (Å²) in [7, 11) is 1.44. The number of anilines is 1. The fourth-order valence-electron chi connectivity index (χ4n) is 6.13. The van der Waals surface area contributed by atoms with E-state index in [1.165, 1.54) is 19.6 Å². The van der Waals surface area contributed by atoms with Crippen molar-refractivity contribution in [1.82, 2.24) is 39.6 Å². The fraction of sp³-hybridized carbons (Fsp3) is 0.121. The number of nitrogen functional groups attached to an aromatic ring is 1. The van der Waals surface area contributed by atoms with Gasteiger partial charge in [-0.25, -0.2) is 24.6 Å². The van der Waals surface area contributed by atoms with Gasteiger partial charge in [-0.2, -0.15) is 5.10 Å². The number of hydrogen-bond acceptors (Lipinski definition) is 10. The molecule has 1 amide bonds. The maximum Gasteiger partial charge on any atom is 0.255 e. The van der Waals surface area contributed by atoms with Crippen molar-refractivity contribution in [3.63, 3.8) is 0 Å². The van der Waals surface area contributed by atoms with Gasteiger partial charge in [-0.3, -0.25) is 14.2 Å². The number of rotatable bonds is 7. The number of methoxy groups -OCH3 is 1. The number of hydrogen-bond donors (Lipinski definition) is 2. The van der Waals surface area contributed by atoms with Crippen molar-refractivity contribution in [2.75, 3.05) is 12.8 Å². The molecule has 13 heteroatoms. The molecule has 5 aromatic heterocycles. The Hall–Kier alpha value is -6.37. The number of oxazole rings is 1. The number of benzene rings is 2. The molecule has 1 atom stereocenters. The summed E-state index contributed by atoms with van der Waals surface area (Å²) in [6.45, 7) is 0. The number of aromatic nitrogens is 7. The number of amides is 1. The summed E-state index contributed by atoms with van der Waals surface area (Å²) in [5, 5.41) is 7.46. The van der Waals surface area contributed by atoms with E-state index in [0.717, 1.165) is 23.2 Å². The lowest BCUT2D eigenvalue weighted by molar-refractivity contribution is 0.0937. The van der Waals surface area contributed by atoms with Crippen LogP contribution in [-0.2, 0) is 6.42 Å². The van der Waals surface area contributed by atoms with Gasteiger partial charge in [0.15, 0.2) is 46.8 Å². The van der Waals surface area contributed by atoms with Crippen LogP contribution in [0.15, 0.2) is 84.0 Å². The first-order valence-electron chi connectivity index (χ1n) is 14.5. The minimum absolute atomic E-state index is 0.211. The van der Waals surface area contributed by atoms with Gasteiger partial charge in [0.1, 0.15) is 11.3 Å². The second-order valence-electron chi connectivity index (χ2n) is 10.8. The molecule has 7 aromatic rings. The fourth-order valence-corrected chi connectivity index (χ4v) is 6.13. The van der Waals surface area contributed by atoms with Gasteiger partial charge in [0, 0.05) is 24.3 Å². The van der Waals surface area contributed by atoms with E-state index in [9.17, 15) is 9.59 Å². The second kappa shape index (κ2) is 10.7. The summed E-state index contributed by atoms with van der Waals surface area (Å²) in [6, 6.07) is 16.6. The zero-order valence-electron chi connectivity index (χ0n) is 24.4. The van der Waals surface area contributed by atoms with Gasteiger partial charge >= 0.3 is 0 Å². The summed E-state index contributed by atoms with van der Waals surface area (Å²) in [5.74, 6) is 1.49. The van der Waals surface area contributed by atoms with Crippen molar-refractivity contribution in [2.45, 2.75) is 18.9 Å². The van der Waals surface area contributed by atoms with Gasteiger partial charge in [0.25, 0.3) is 5.91 Å². The van der Waals surface area contributed by atoms with Crippen molar-refractivity contribution >= 4 is 40.3 Å². The normalized spacial score (nSPS) is 14.1. The molecule has 1 aliphatic carbocycles. The Morgan fingerprint density at radius 2 is 2.02 bits per heavy atom. The van der Waals surface area contributed by atoms with Crippen LogP contribution in [0.4, 0.5) is 5.82 Å². The summed E-state index contributed by atoms with van der Waals surface area (Å²) in [4.78, 5) is 43.6. The molecule has 3 N–H and O–H groups in total. The maximum atomic E-state index is 13.6. The largest absolute Gasteiger partial charge is 0.494 e. The van der Waals surface area contributed by atoms with Crippen molar-refractivity contribution in [3.8, 4) is 28.6 Å². The molecule has 8 rings (SSSR count). The number of carbonyl (C=O) groups excluding carboxylic acids is 2. The Kier molecular flexibility index (Phi) is 6.30. The molecule has 46 heavy (non-hydrogen) atoms. The van der Waals surface area contributed by atoms with E-state index < -0.39 is 0 Å². The molecule has 13 nitrogen and oxygen atoms in total. The van der Waals surface area contributed by atoms with Gasteiger partial charge < -0.3 is 20.2 Å². The Morgan fingerprint density at radius 1 is 1.11 bits per heavy atom. The van der Waals surface area contributed by atoms with Crippen LogP contribution >= 0.6 is 0 Å². The lowest BCUT2D eigenvalue weighted by Gasteiger charge is -2.16. The van der Waals surface area contributed by atoms with Crippen LogP contribution in [0.25, 0.3) is 45.2 Å². The Labute approximate surface area is 260 Å². The quantitative estimate of drug-likeness (QED) is 0.242. The lowest BCUT2D eigenvalue weighted by atomic mass is 10.0. The number of aldehydes is 1. The highest BCUT2D eigenvalue weighted by molar-refractivity contribution is 6.08. The van der Waals surface area contributed by atoms with Gasteiger partial charge in [-0.1, -0.05) is 6.07 Å². The number of nitrogens with one attached hydrogen (secondary N) is 1. The van der Waals surface area contributed by atoms with E-state index in [1.54, 1.807) is 17.1 Å². The van der Waals surface area contributed by atoms with Crippen molar-refractivity contribution in [2.24, 2.45) is 0 Å². The summed E-state index contributed by atoms with van der Waals surface area (Å²) in [5.41, 5.74) is 12.2. The number of nitrogens with zero attached hydrogens (tertiary/aromatic N) is 7. The predicted octanol–water partition coefficient (Wildman–Crippen LogP) is 4.63. The van der Waals surface area contributed by atoms with Gasteiger partial charge in [-0.15, -0.1) is 0 Å². The Morgan fingerprint density at radius 3 is 2.83 bits per heavy atom. The monoisotopic (exact) mass is 611 g/mol. The molecular weight excluding hydrogens is 586 g/mol. The van der Waals surface area contributed by atoms with Crippen molar-refractivity contribution in [1.29, 1.82) is 0 Å². The van der Waals surface area contributed by atoms with E-state index in [1.807, 2.05) is 53.2 Å². The Balaban J connectivity index is 1.18. The molecule has 0 saturated carbocycles. The average molecular weight is 612 g/mol. The molecule has 0 radical (unpaired) electrons. The average Bonchev–Trinajstić information content (AvgIpc) is 3.90. The van der Waals surface area contributed by atoms with Crippen LogP contribution in [0.3, 0.4) is 0 Å². The van der Waals surface area contributed by atoms with Crippen molar-refractivity contribution in [3.05, 3.63) is 102 Å². The topological polar surface area (TPSA) is 169 Å². The molecule has 0 fully saturated rings. The molecule has 5 heterocycles. The summed E-state index contributed by atoms with van der Waals surface area (Å²) >= 11 is 0. The van der Waals surface area contributed by atoms with Crippen LogP contribution in [0.2, 0.25) is 0 Å². The molecule has 0 aliphatic heterocycles. The van der Waals surface area contributed by atoms with E-state index in [-0.39, 0.29) is 34.4 Å². The molecule has 0 bridgehead atoms. The first-order valence-corrected chi connectivity index (χ1v) is 14.5. The van der Waals surface area contributed by atoms with Crippen LogP contribution < -0.4 is 15.8 Å². The minimum atomic E-state index is -0.375. The number of aryl methyl sites for hydroxylation is 1. The number of fused-ring (bicyclic) bond motifs is 3. The molecule has 0 saturated heterocycles. The van der Waals surface area contributed by atoms with E-state index >= 15 is 0 Å². The molecule has 1 aliphatic rings. The standard InChI is InChI=1S/C33H25N9O4/c1-45-28-19(16-43)15-23(29-27(28)36-17-46-29)33(44)39-24-8-5-18-14-20(6-7-21(18)24)42-31(22-4-2-11-35-30(22)34)38-25-9-10-26(40-32(25)42)41-13-3-12-37-41/h2-4,6-7,9-17,24H,5,8H2,1H3,(H2,34,35)(H,39,44)/t24-/m0/s1. The summed E-state index contributed by atoms with van der Waals surface area (Å²) in [6.07, 6.45) is 8.46. The molecule has 0 unspecified atom stereocenters. The number of imidazole rings is 1. The third kappa shape index (κ3) is 4.28. The third-order valence-electron chi connectivity index (χ3n) is 8.24. The van der Waals surface area contributed by atoms with Crippen LogP contribution in [-0.4, -0.2) is 53.6 Å². The predicted molar refractivity (Wildman–Crippen MR) is 168 cm³/mol. The molecule has 0 spiro atoms. The molecular formula is C33H25N9O4. The lowest BCUT2D eigenvalue weighted by Crippen LogP contribution is -2.27. The Bertz CT molecular complexity index is 2310. The first kappa shape index (κ1) is 27.2. The second-order valence-corrected chi connectivity index (χ2v) is 10.8. The van der Waals surface area contributed by atoms with Crippen LogP contribution in [0.5, 0.6) is 5.75 Å². The van der Waals surface area contributed by atoms with Crippen LogP contribution in [0, 0.1) is 0 Å². The number of ether oxygens (including phenoxy) is 1. The smallest absolute Gasteiger partial charge is 0.255 e.